The van der Waals surface area contributed by atoms with Crippen LogP contribution in [-0.4, -0.2) is 65.0 Å². The number of imidazole rings is 1. The van der Waals surface area contributed by atoms with Crippen LogP contribution in [0.25, 0.3) is 11.0 Å². The standard InChI is InChI=1S/C24H37Cl2N5O3/c1-5-34-24(33)20(14-16(2)3)29-23(32)18(27)7-9-22-28-19-15-17(6-8-21(19)30(22)4)31(12-10-25)13-11-26/h6,8,15-16,18,20H,5,7,9-14,27H2,1-4H3,(H,29,32)/t18?,20-/m0/s1. The summed E-state index contributed by atoms with van der Waals surface area (Å²) in [6.07, 6.45) is 1.42. The Hall–Kier alpha value is -2.03. The van der Waals surface area contributed by atoms with E-state index < -0.39 is 18.1 Å². The predicted octanol–water partition coefficient (Wildman–Crippen LogP) is 3.21. The van der Waals surface area contributed by atoms with Gasteiger partial charge in [-0.15, -0.1) is 23.2 Å². The monoisotopic (exact) mass is 513 g/mol. The lowest BCUT2D eigenvalue weighted by atomic mass is 10.0. The van der Waals surface area contributed by atoms with Crippen LogP contribution in [0.4, 0.5) is 5.69 Å². The maximum Gasteiger partial charge on any atom is 0.328 e. The van der Waals surface area contributed by atoms with E-state index in [-0.39, 0.29) is 18.4 Å². The molecule has 1 unspecified atom stereocenters. The number of fused-ring (bicyclic) bond motifs is 1. The SMILES string of the molecule is CCOC(=O)[C@H](CC(C)C)NC(=O)C(N)CCc1nc2cc(N(CCCl)CCCl)ccc2n1C. The molecule has 0 fully saturated rings. The maximum atomic E-state index is 12.7. The Balaban J connectivity index is 2.07. The van der Waals surface area contributed by atoms with Crippen molar-refractivity contribution in [3.8, 4) is 0 Å². The molecule has 1 aromatic carbocycles. The minimum atomic E-state index is -0.762. The van der Waals surface area contributed by atoms with Gasteiger partial charge in [-0.1, -0.05) is 13.8 Å². The van der Waals surface area contributed by atoms with E-state index in [0.29, 0.717) is 44.1 Å². The average molecular weight is 514 g/mol. The Labute approximate surface area is 212 Å². The van der Waals surface area contributed by atoms with Crippen LogP contribution >= 0.6 is 23.2 Å². The minimum Gasteiger partial charge on any atom is -0.464 e. The minimum absolute atomic E-state index is 0.223. The molecule has 1 aromatic heterocycles. The number of anilines is 1. The summed E-state index contributed by atoms with van der Waals surface area (Å²) >= 11 is 11.9. The van der Waals surface area contributed by atoms with Crippen molar-refractivity contribution in [3.63, 3.8) is 0 Å². The zero-order valence-corrected chi connectivity index (χ0v) is 22.0. The van der Waals surface area contributed by atoms with Gasteiger partial charge in [0, 0.05) is 44.0 Å². The molecule has 0 spiro atoms. The van der Waals surface area contributed by atoms with Gasteiger partial charge in [-0.2, -0.15) is 0 Å². The van der Waals surface area contributed by atoms with E-state index in [1.54, 1.807) is 6.92 Å². The highest BCUT2D eigenvalue weighted by Gasteiger charge is 2.26. The van der Waals surface area contributed by atoms with Crippen LogP contribution in [0, 0.1) is 5.92 Å². The number of aryl methyl sites for hydroxylation is 2. The van der Waals surface area contributed by atoms with Gasteiger partial charge in [0.1, 0.15) is 11.9 Å². The number of hydrogen-bond acceptors (Lipinski definition) is 6. The molecular weight excluding hydrogens is 477 g/mol. The molecule has 0 bridgehead atoms. The van der Waals surface area contributed by atoms with E-state index in [1.165, 1.54) is 0 Å². The predicted molar refractivity (Wildman–Crippen MR) is 139 cm³/mol. The van der Waals surface area contributed by atoms with Crippen LogP contribution in [0.1, 0.15) is 39.4 Å². The van der Waals surface area contributed by atoms with Gasteiger partial charge in [0.05, 0.1) is 23.7 Å². The first kappa shape index (κ1) is 28.2. The molecule has 8 nitrogen and oxygen atoms in total. The van der Waals surface area contributed by atoms with Crippen LogP contribution in [0.3, 0.4) is 0 Å². The number of esters is 1. The lowest BCUT2D eigenvalue weighted by Crippen LogP contribution is -2.49. The number of ether oxygens (including phenoxy) is 1. The number of nitrogens with zero attached hydrogens (tertiary/aromatic N) is 3. The zero-order chi connectivity index (χ0) is 25.3. The molecule has 10 heteroatoms. The van der Waals surface area contributed by atoms with Crippen molar-refractivity contribution in [3.05, 3.63) is 24.0 Å². The molecule has 0 aliphatic carbocycles. The Morgan fingerprint density at radius 3 is 2.50 bits per heavy atom. The number of alkyl halides is 2. The van der Waals surface area contributed by atoms with Crippen molar-refractivity contribution in [2.45, 2.75) is 52.1 Å². The molecule has 0 radical (unpaired) electrons. The van der Waals surface area contributed by atoms with E-state index >= 15 is 0 Å². The van der Waals surface area contributed by atoms with Gasteiger partial charge in [0.2, 0.25) is 5.91 Å². The highest BCUT2D eigenvalue weighted by molar-refractivity contribution is 6.18. The normalized spacial score (nSPS) is 13.2. The number of nitrogens with one attached hydrogen (secondary N) is 1. The molecule has 0 aliphatic heterocycles. The second-order valence-corrected chi connectivity index (χ2v) is 9.47. The lowest BCUT2D eigenvalue weighted by Gasteiger charge is -2.22. The van der Waals surface area contributed by atoms with Gasteiger partial charge >= 0.3 is 5.97 Å². The van der Waals surface area contributed by atoms with Crippen molar-refractivity contribution in [2.24, 2.45) is 18.7 Å². The zero-order valence-electron chi connectivity index (χ0n) is 20.5. The first-order valence-corrected chi connectivity index (χ1v) is 12.8. The molecule has 190 valence electrons. The number of nitrogens with two attached hydrogens (primary N) is 1. The second kappa shape index (κ2) is 13.8. The fourth-order valence-corrected chi connectivity index (χ4v) is 4.26. The Morgan fingerprint density at radius 1 is 1.24 bits per heavy atom. The summed E-state index contributed by atoms with van der Waals surface area (Å²) in [6, 6.07) is 4.63. The third-order valence-electron chi connectivity index (χ3n) is 5.64. The van der Waals surface area contributed by atoms with Crippen LogP contribution in [0.15, 0.2) is 18.2 Å². The van der Waals surface area contributed by atoms with E-state index in [4.69, 9.17) is 38.7 Å². The van der Waals surface area contributed by atoms with Crippen LogP contribution in [0.2, 0.25) is 0 Å². The van der Waals surface area contributed by atoms with Crippen molar-refractivity contribution in [1.29, 1.82) is 0 Å². The number of amides is 1. The van der Waals surface area contributed by atoms with Gasteiger partial charge in [-0.05, 0) is 43.9 Å². The molecule has 2 atom stereocenters. The molecule has 2 aromatic rings. The number of rotatable bonds is 14. The molecule has 2 rings (SSSR count). The van der Waals surface area contributed by atoms with Gasteiger partial charge in [0.15, 0.2) is 0 Å². The summed E-state index contributed by atoms with van der Waals surface area (Å²) in [6.45, 7) is 7.38. The molecule has 1 heterocycles. The fraction of sp³-hybridized carbons (Fsp3) is 0.625. The number of halogens is 2. The summed E-state index contributed by atoms with van der Waals surface area (Å²) in [5.74, 6) is 1.28. The third kappa shape index (κ3) is 7.75. The molecule has 3 N–H and O–H groups in total. The van der Waals surface area contributed by atoms with Gasteiger partial charge in [0.25, 0.3) is 0 Å². The van der Waals surface area contributed by atoms with Gasteiger partial charge in [-0.3, -0.25) is 4.79 Å². The van der Waals surface area contributed by atoms with E-state index in [2.05, 4.69) is 10.2 Å². The highest BCUT2D eigenvalue weighted by atomic mass is 35.5. The topological polar surface area (TPSA) is 102 Å². The fourth-order valence-electron chi connectivity index (χ4n) is 3.86. The largest absolute Gasteiger partial charge is 0.464 e. The van der Waals surface area contributed by atoms with Crippen LogP contribution in [0.5, 0.6) is 0 Å². The molecule has 0 aliphatic rings. The molecule has 34 heavy (non-hydrogen) atoms. The Kier molecular flexibility index (Phi) is 11.4. The molecular formula is C24H37Cl2N5O3. The summed E-state index contributed by atoms with van der Waals surface area (Å²) in [7, 11) is 1.95. The number of carbonyl (C=O) groups excluding carboxylic acids is 2. The van der Waals surface area contributed by atoms with Crippen LogP contribution < -0.4 is 16.0 Å². The van der Waals surface area contributed by atoms with E-state index in [9.17, 15) is 9.59 Å². The molecule has 0 saturated heterocycles. The highest BCUT2D eigenvalue weighted by Crippen LogP contribution is 2.23. The lowest BCUT2D eigenvalue weighted by molar-refractivity contribution is -0.148. The number of carbonyl (C=O) groups is 2. The number of aromatic nitrogens is 2. The Bertz CT molecular complexity index is 944. The third-order valence-corrected chi connectivity index (χ3v) is 5.98. The summed E-state index contributed by atoms with van der Waals surface area (Å²) in [4.78, 5) is 31.8. The Morgan fingerprint density at radius 2 is 1.91 bits per heavy atom. The summed E-state index contributed by atoms with van der Waals surface area (Å²) in [5, 5.41) is 2.76. The van der Waals surface area contributed by atoms with Crippen molar-refractivity contribution in [1.82, 2.24) is 14.9 Å². The smallest absolute Gasteiger partial charge is 0.328 e. The average Bonchev–Trinajstić information content (AvgIpc) is 3.11. The van der Waals surface area contributed by atoms with Crippen molar-refractivity contribution in [2.75, 3.05) is 36.4 Å². The van der Waals surface area contributed by atoms with E-state index in [0.717, 1.165) is 22.5 Å². The number of hydrogen-bond donors (Lipinski definition) is 2. The maximum absolute atomic E-state index is 12.7. The van der Waals surface area contributed by atoms with Crippen LogP contribution in [-0.2, 0) is 27.8 Å². The molecule has 1 amide bonds. The quantitative estimate of drug-likeness (QED) is 0.297. The second-order valence-electron chi connectivity index (χ2n) is 8.71. The summed E-state index contributed by atoms with van der Waals surface area (Å²) in [5.41, 5.74) is 9.03. The first-order valence-electron chi connectivity index (χ1n) is 11.8. The van der Waals surface area contributed by atoms with Crippen molar-refractivity contribution >= 4 is 51.8 Å². The molecule has 0 saturated carbocycles. The van der Waals surface area contributed by atoms with E-state index in [1.807, 2.05) is 43.7 Å². The first-order chi connectivity index (χ1) is 16.2. The van der Waals surface area contributed by atoms with Gasteiger partial charge in [-0.25, -0.2) is 9.78 Å². The van der Waals surface area contributed by atoms with Crippen molar-refractivity contribution < 1.29 is 14.3 Å². The van der Waals surface area contributed by atoms with Gasteiger partial charge < -0.3 is 25.3 Å². The number of benzene rings is 1. The summed E-state index contributed by atoms with van der Waals surface area (Å²) < 4.78 is 7.11.